The SMILES string of the molecule is Cc1c(S(=O)(=O)NCC2CCC(c3c(C(N)=O)sc4ncccc34)CC2)cnn1C. The Morgan fingerprint density at radius 3 is 2.70 bits per heavy atom. The van der Waals surface area contributed by atoms with Gasteiger partial charge >= 0.3 is 0 Å². The van der Waals surface area contributed by atoms with Gasteiger partial charge in [-0.1, -0.05) is 6.07 Å². The van der Waals surface area contributed by atoms with Gasteiger partial charge in [0.05, 0.1) is 16.8 Å². The third-order valence-corrected chi connectivity index (χ3v) is 8.70. The summed E-state index contributed by atoms with van der Waals surface area (Å²) in [7, 11) is -1.85. The average Bonchev–Trinajstić information content (AvgIpc) is 3.28. The van der Waals surface area contributed by atoms with E-state index in [9.17, 15) is 13.2 Å². The van der Waals surface area contributed by atoms with Gasteiger partial charge in [-0.3, -0.25) is 9.48 Å². The second-order valence-electron chi connectivity index (χ2n) is 7.85. The number of primary amides is 1. The van der Waals surface area contributed by atoms with Crippen LogP contribution in [0.1, 0.15) is 52.5 Å². The smallest absolute Gasteiger partial charge is 0.259 e. The summed E-state index contributed by atoms with van der Waals surface area (Å²) in [6.45, 7) is 2.14. The molecule has 3 aromatic heterocycles. The molecule has 0 saturated heterocycles. The maximum Gasteiger partial charge on any atom is 0.259 e. The fourth-order valence-electron chi connectivity index (χ4n) is 4.24. The predicted molar refractivity (Wildman–Crippen MR) is 116 cm³/mol. The highest BCUT2D eigenvalue weighted by molar-refractivity contribution is 7.89. The van der Waals surface area contributed by atoms with Gasteiger partial charge in [0.25, 0.3) is 5.91 Å². The lowest BCUT2D eigenvalue weighted by atomic mass is 9.78. The maximum absolute atomic E-state index is 12.6. The Morgan fingerprint density at radius 2 is 2.07 bits per heavy atom. The van der Waals surface area contributed by atoms with E-state index in [1.54, 1.807) is 24.9 Å². The molecule has 0 radical (unpaired) electrons. The molecule has 0 aliphatic heterocycles. The summed E-state index contributed by atoms with van der Waals surface area (Å²) in [5, 5.41) is 5.03. The molecule has 160 valence electrons. The molecule has 1 saturated carbocycles. The first kappa shape index (κ1) is 21.0. The molecule has 1 aliphatic rings. The predicted octanol–water partition coefficient (Wildman–Crippen LogP) is 2.69. The van der Waals surface area contributed by atoms with Gasteiger partial charge in [-0.05, 0) is 56.1 Å². The number of aromatic nitrogens is 3. The Labute approximate surface area is 179 Å². The second-order valence-corrected chi connectivity index (χ2v) is 10.6. The first-order valence-corrected chi connectivity index (χ1v) is 12.2. The largest absolute Gasteiger partial charge is 0.365 e. The lowest BCUT2D eigenvalue weighted by Crippen LogP contribution is -2.31. The lowest BCUT2D eigenvalue weighted by molar-refractivity contribution is 0.100. The summed E-state index contributed by atoms with van der Waals surface area (Å²) >= 11 is 1.36. The van der Waals surface area contributed by atoms with Gasteiger partial charge in [0.2, 0.25) is 10.0 Å². The highest BCUT2D eigenvalue weighted by atomic mass is 32.2. The number of carbonyl (C=O) groups excluding carboxylic acids is 1. The summed E-state index contributed by atoms with van der Waals surface area (Å²) in [4.78, 5) is 18.0. The van der Waals surface area contributed by atoms with Crippen molar-refractivity contribution in [3.63, 3.8) is 0 Å². The minimum Gasteiger partial charge on any atom is -0.365 e. The molecule has 4 rings (SSSR count). The van der Waals surface area contributed by atoms with Crippen molar-refractivity contribution in [1.82, 2.24) is 19.5 Å². The second kappa shape index (κ2) is 8.09. The van der Waals surface area contributed by atoms with Gasteiger partial charge in [0.1, 0.15) is 9.73 Å². The molecule has 3 N–H and O–H groups in total. The quantitative estimate of drug-likeness (QED) is 0.602. The Balaban J connectivity index is 1.44. The van der Waals surface area contributed by atoms with Gasteiger partial charge in [-0.2, -0.15) is 5.10 Å². The third-order valence-electron chi connectivity index (χ3n) is 6.03. The zero-order valence-electron chi connectivity index (χ0n) is 17.0. The number of fused-ring (bicyclic) bond motifs is 1. The average molecular weight is 448 g/mol. The minimum atomic E-state index is -3.57. The standard InChI is InChI=1S/C20H25N5O3S2/c1-12-16(11-23-25(12)2)30(27,28)24-10-13-5-7-14(8-6-13)17-15-4-3-9-22-20(15)29-18(17)19(21)26/h3-4,9,11,13-14,24H,5-8,10H2,1-2H3,(H2,21,26). The molecule has 1 fully saturated rings. The number of hydrogen-bond acceptors (Lipinski definition) is 6. The number of rotatable bonds is 6. The van der Waals surface area contributed by atoms with Crippen molar-refractivity contribution in [3.8, 4) is 0 Å². The summed E-state index contributed by atoms with van der Waals surface area (Å²) in [5.41, 5.74) is 7.27. The molecular formula is C20H25N5O3S2. The number of amides is 1. The molecule has 3 aromatic rings. The van der Waals surface area contributed by atoms with E-state index in [-0.39, 0.29) is 16.7 Å². The highest BCUT2D eigenvalue weighted by Gasteiger charge is 2.30. The van der Waals surface area contributed by atoms with Crippen molar-refractivity contribution in [1.29, 1.82) is 0 Å². The van der Waals surface area contributed by atoms with Crippen LogP contribution in [0.5, 0.6) is 0 Å². The molecule has 0 atom stereocenters. The van der Waals surface area contributed by atoms with Crippen molar-refractivity contribution in [2.75, 3.05) is 6.54 Å². The van der Waals surface area contributed by atoms with Crippen LogP contribution in [-0.2, 0) is 17.1 Å². The van der Waals surface area contributed by atoms with E-state index in [0.29, 0.717) is 17.1 Å². The maximum atomic E-state index is 12.6. The topological polar surface area (TPSA) is 120 Å². The molecule has 0 bridgehead atoms. The first-order chi connectivity index (χ1) is 14.3. The van der Waals surface area contributed by atoms with E-state index in [1.165, 1.54) is 17.5 Å². The van der Waals surface area contributed by atoms with Gasteiger partial charge < -0.3 is 5.73 Å². The molecule has 0 unspecified atom stereocenters. The van der Waals surface area contributed by atoms with Crippen LogP contribution in [0.2, 0.25) is 0 Å². The van der Waals surface area contributed by atoms with Crippen LogP contribution in [0.3, 0.4) is 0 Å². The molecule has 3 heterocycles. The minimum absolute atomic E-state index is 0.224. The number of nitrogens with zero attached hydrogens (tertiary/aromatic N) is 3. The zero-order valence-corrected chi connectivity index (χ0v) is 18.6. The number of pyridine rings is 1. The van der Waals surface area contributed by atoms with Crippen LogP contribution in [0, 0.1) is 12.8 Å². The van der Waals surface area contributed by atoms with E-state index in [4.69, 9.17) is 5.73 Å². The van der Waals surface area contributed by atoms with Crippen molar-refractivity contribution in [2.45, 2.75) is 43.4 Å². The molecule has 0 spiro atoms. The number of nitrogens with one attached hydrogen (secondary N) is 1. The van der Waals surface area contributed by atoms with Crippen molar-refractivity contribution >= 4 is 37.5 Å². The summed E-state index contributed by atoms with van der Waals surface area (Å²) < 4.78 is 29.5. The van der Waals surface area contributed by atoms with Crippen LogP contribution in [0.4, 0.5) is 0 Å². The summed E-state index contributed by atoms with van der Waals surface area (Å²) in [6, 6.07) is 3.88. The van der Waals surface area contributed by atoms with Gasteiger partial charge in [0.15, 0.2) is 0 Å². The lowest BCUT2D eigenvalue weighted by Gasteiger charge is -2.29. The number of thiophene rings is 1. The van der Waals surface area contributed by atoms with E-state index in [0.717, 1.165) is 41.5 Å². The van der Waals surface area contributed by atoms with E-state index in [1.807, 2.05) is 12.1 Å². The molecule has 1 aliphatic carbocycles. The van der Waals surface area contributed by atoms with Gasteiger partial charge in [-0.25, -0.2) is 18.1 Å². The van der Waals surface area contributed by atoms with Crippen molar-refractivity contribution < 1.29 is 13.2 Å². The number of sulfonamides is 1. The molecule has 1 amide bonds. The zero-order chi connectivity index (χ0) is 21.5. The number of hydrogen-bond donors (Lipinski definition) is 2. The van der Waals surface area contributed by atoms with Crippen LogP contribution < -0.4 is 10.5 Å². The molecule has 0 aromatic carbocycles. The Hall–Kier alpha value is -2.30. The van der Waals surface area contributed by atoms with E-state index < -0.39 is 15.9 Å². The van der Waals surface area contributed by atoms with Gasteiger partial charge in [-0.15, -0.1) is 11.3 Å². The third kappa shape index (κ3) is 3.86. The Kier molecular flexibility index (Phi) is 5.65. The fraction of sp³-hybridized carbons (Fsp3) is 0.450. The Morgan fingerprint density at radius 1 is 1.33 bits per heavy atom. The summed E-state index contributed by atoms with van der Waals surface area (Å²) in [5.74, 6) is 0.0849. The van der Waals surface area contributed by atoms with Crippen LogP contribution >= 0.6 is 11.3 Å². The van der Waals surface area contributed by atoms with Gasteiger partial charge in [0, 0.05) is 25.2 Å². The molecule has 8 nitrogen and oxygen atoms in total. The Bertz CT molecular complexity index is 1190. The monoisotopic (exact) mass is 447 g/mol. The van der Waals surface area contributed by atoms with E-state index in [2.05, 4.69) is 14.8 Å². The fourth-order valence-corrected chi connectivity index (χ4v) is 6.64. The molecule has 30 heavy (non-hydrogen) atoms. The number of carbonyl (C=O) groups is 1. The number of nitrogens with two attached hydrogens (primary N) is 1. The molecular weight excluding hydrogens is 422 g/mol. The molecule has 10 heteroatoms. The van der Waals surface area contributed by atoms with Crippen LogP contribution in [0.25, 0.3) is 10.2 Å². The number of aryl methyl sites for hydroxylation is 1. The normalized spacial score (nSPS) is 19.9. The highest BCUT2D eigenvalue weighted by Crippen LogP contribution is 2.43. The van der Waals surface area contributed by atoms with E-state index >= 15 is 0 Å². The van der Waals surface area contributed by atoms with Crippen molar-refractivity contribution in [2.24, 2.45) is 18.7 Å². The van der Waals surface area contributed by atoms with Crippen LogP contribution in [0.15, 0.2) is 29.4 Å². The van der Waals surface area contributed by atoms with Crippen LogP contribution in [-0.4, -0.2) is 35.6 Å². The summed E-state index contributed by atoms with van der Waals surface area (Å²) in [6.07, 6.45) is 6.65. The van der Waals surface area contributed by atoms with Crippen molar-refractivity contribution in [3.05, 3.63) is 40.7 Å². The first-order valence-electron chi connectivity index (χ1n) is 9.93.